The molecule has 0 fully saturated rings. The first-order chi connectivity index (χ1) is 16.2. The van der Waals surface area contributed by atoms with E-state index in [-0.39, 0.29) is 49.8 Å². The number of rotatable bonds is 4. The zero-order valence-corrected chi connectivity index (χ0v) is 22.6. The maximum Gasteiger partial charge on any atom is 0.409 e. The van der Waals surface area contributed by atoms with Gasteiger partial charge in [0.2, 0.25) is 0 Å². The van der Waals surface area contributed by atoms with Crippen molar-refractivity contribution < 1.29 is 28.7 Å². The van der Waals surface area contributed by atoms with E-state index in [9.17, 15) is 19.2 Å². The summed E-state index contributed by atoms with van der Waals surface area (Å²) in [6.07, 6.45) is 2.84. The maximum absolute atomic E-state index is 13.4. The van der Waals surface area contributed by atoms with Gasteiger partial charge in [0.25, 0.3) is 0 Å². The molecule has 0 aromatic heterocycles. The van der Waals surface area contributed by atoms with Crippen molar-refractivity contribution in [2.45, 2.75) is 71.5 Å². The van der Waals surface area contributed by atoms with Crippen LogP contribution in [-0.4, -0.2) is 97.6 Å². The quantitative estimate of drug-likeness (QED) is 0.570. The van der Waals surface area contributed by atoms with Gasteiger partial charge in [0.05, 0.1) is 17.6 Å². The third-order valence-corrected chi connectivity index (χ3v) is 6.22. The van der Waals surface area contributed by atoms with Gasteiger partial charge in [-0.3, -0.25) is 14.9 Å². The van der Waals surface area contributed by atoms with Gasteiger partial charge in [0.15, 0.2) is 11.6 Å². The van der Waals surface area contributed by atoms with Crippen LogP contribution in [0.3, 0.4) is 0 Å². The molecule has 2 N–H and O–H groups in total. The summed E-state index contributed by atoms with van der Waals surface area (Å²) in [5.74, 6) is -0.419. The van der Waals surface area contributed by atoms with Crippen LogP contribution in [0.15, 0.2) is 12.2 Å². The topological polar surface area (TPSA) is 117 Å². The molecule has 0 saturated heterocycles. The molecule has 0 spiro atoms. The van der Waals surface area contributed by atoms with Gasteiger partial charge in [-0.2, -0.15) is 0 Å². The van der Waals surface area contributed by atoms with Crippen molar-refractivity contribution in [3.05, 3.63) is 12.2 Å². The normalized spacial score (nSPS) is 26.7. The summed E-state index contributed by atoms with van der Waals surface area (Å²) in [7, 11) is 3.21. The first-order valence-corrected chi connectivity index (χ1v) is 12.2. The Kier molecular flexibility index (Phi) is 11.9. The smallest absolute Gasteiger partial charge is 0.409 e. The highest BCUT2D eigenvalue weighted by atomic mass is 16.6. The van der Waals surface area contributed by atoms with Crippen LogP contribution in [0.4, 0.5) is 9.59 Å². The number of cyclic esters (lactones) is 2. The van der Waals surface area contributed by atoms with Crippen LogP contribution in [0.5, 0.6) is 0 Å². The Balaban J connectivity index is 3.21. The van der Waals surface area contributed by atoms with E-state index in [1.165, 1.54) is 9.80 Å². The molecule has 1 rings (SSSR count). The average Bonchev–Trinajstić information content (AvgIpc) is 2.79. The standard InChI is InChI=1S/C25H44N4O6/c1-18(2)21(31)25(6)12-14-29(8)23(33)35-16-10-9-15-34-22(32)28(7)13-11-24(5,27-19(3)4)20(30)17-26-25/h9-10,18-19,26-27H,11-17H2,1-8H3/t24-,25-/m0/s1. The van der Waals surface area contributed by atoms with Crippen molar-refractivity contribution in [2.24, 2.45) is 5.92 Å². The van der Waals surface area contributed by atoms with E-state index in [0.717, 1.165) is 0 Å². The third-order valence-electron chi connectivity index (χ3n) is 6.22. The Morgan fingerprint density at radius 1 is 0.943 bits per heavy atom. The molecule has 0 radical (unpaired) electrons. The second-order valence-electron chi connectivity index (χ2n) is 10.2. The van der Waals surface area contributed by atoms with E-state index in [4.69, 9.17) is 9.47 Å². The SMILES string of the molecule is CC(C)N[C@@]1(C)CCN(C)C(=O)OCC=CCOC(=O)N(C)CC[C@@](C)(C(=O)C(C)C)NCC1=O. The molecule has 2 amide bonds. The lowest BCUT2D eigenvalue weighted by atomic mass is 9.84. The largest absolute Gasteiger partial charge is 0.445 e. The van der Waals surface area contributed by atoms with Crippen LogP contribution in [0.2, 0.25) is 0 Å². The van der Waals surface area contributed by atoms with Gasteiger partial charge in [-0.15, -0.1) is 0 Å². The predicted molar refractivity (Wildman–Crippen MR) is 134 cm³/mol. The number of ether oxygens (including phenoxy) is 2. The van der Waals surface area contributed by atoms with Gasteiger partial charge in [-0.25, -0.2) is 9.59 Å². The van der Waals surface area contributed by atoms with E-state index in [1.54, 1.807) is 33.2 Å². The minimum atomic E-state index is -1.01. The number of hydrogen-bond donors (Lipinski definition) is 2. The third kappa shape index (κ3) is 9.60. The van der Waals surface area contributed by atoms with Crippen molar-refractivity contribution >= 4 is 23.8 Å². The number of nitrogens with zero attached hydrogens (tertiary/aromatic N) is 2. The molecule has 10 heteroatoms. The van der Waals surface area contributed by atoms with Crippen molar-refractivity contribution in [1.82, 2.24) is 20.4 Å². The van der Waals surface area contributed by atoms with Crippen molar-refractivity contribution in [1.29, 1.82) is 0 Å². The monoisotopic (exact) mass is 496 g/mol. The lowest BCUT2D eigenvalue weighted by molar-refractivity contribution is -0.129. The Morgan fingerprint density at radius 2 is 1.43 bits per heavy atom. The van der Waals surface area contributed by atoms with Crippen LogP contribution in [0.25, 0.3) is 0 Å². The molecule has 1 heterocycles. The number of carbonyl (C=O) groups excluding carboxylic acids is 4. The Morgan fingerprint density at radius 3 is 1.89 bits per heavy atom. The molecular formula is C25H44N4O6. The van der Waals surface area contributed by atoms with Gasteiger partial charge in [0.1, 0.15) is 13.2 Å². The number of amides is 2. The average molecular weight is 497 g/mol. The van der Waals surface area contributed by atoms with E-state index >= 15 is 0 Å². The lowest BCUT2D eigenvalue weighted by Crippen LogP contribution is -2.60. The van der Waals surface area contributed by atoms with E-state index in [2.05, 4.69) is 10.6 Å². The van der Waals surface area contributed by atoms with E-state index in [0.29, 0.717) is 19.4 Å². The molecule has 2 atom stereocenters. The highest BCUT2D eigenvalue weighted by Crippen LogP contribution is 2.20. The number of carbonyl (C=O) groups is 4. The summed E-state index contributed by atoms with van der Waals surface area (Å²) in [4.78, 5) is 54.0. The summed E-state index contributed by atoms with van der Waals surface area (Å²) >= 11 is 0. The number of nitrogens with one attached hydrogen (secondary N) is 2. The number of ketones is 2. The van der Waals surface area contributed by atoms with Gasteiger partial charge in [-0.05, 0) is 52.7 Å². The fourth-order valence-corrected chi connectivity index (χ4v) is 3.90. The van der Waals surface area contributed by atoms with E-state index in [1.807, 2.05) is 34.6 Å². The summed E-state index contributed by atoms with van der Waals surface area (Å²) in [6.45, 7) is 11.7. The van der Waals surface area contributed by atoms with E-state index < -0.39 is 23.3 Å². The molecular weight excluding hydrogens is 452 g/mol. The first kappa shape index (κ1) is 30.6. The van der Waals surface area contributed by atoms with Gasteiger partial charge in [-0.1, -0.05) is 13.8 Å². The van der Waals surface area contributed by atoms with Gasteiger partial charge < -0.3 is 24.6 Å². The zero-order valence-electron chi connectivity index (χ0n) is 22.6. The number of Topliss-reactive ketones (excluding diaryl/α,β-unsaturated/α-hetero) is 2. The molecule has 1 aliphatic heterocycles. The molecule has 0 aromatic carbocycles. The van der Waals surface area contributed by atoms with Gasteiger partial charge >= 0.3 is 12.2 Å². The summed E-state index contributed by atoms with van der Waals surface area (Å²) in [5.41, 5.74) is -1.94. The Bertz CT molecular complexity index is 784. The number of hydrogen-bond acceptors (Lipinski definition) is 8. The summed E-state index contributed by atoms with van der Waals surface area (Å²) in [6, 6.07) is 0.0243. The van der Waals surface area contributed by atoms with Crippen molar-refractivity contribution in [3.8, 4) is 0 Å². The maximum atomic E-state index is 13.4. The van der Waals surface area contributed by atoms with Crippen molar-refractivity contribution in [2.75, 3.05) is 46.9 Å². The molecule has 35 heavy (non-hydrogen) atoms. The first-order valence-electron chi connectivity index (χ1n) is 12.2. The Labute approximate surface area is 209 Å². The molecule has 0 aliphatic carbocycles. The fourth-order valence-electron chi connectivity index (χ4n) is 3.90. The predicted octanol–water partition coefficient (Wildman–Crippen LogP) is 2.37. The molecule has 0 bridgehead atoms. The molecule has 0 aromatic rings. The van der Waals surface area contributed by atoms with Crippen LogP contribution in [-0.2, 0) is 19.1 Å². The Hall–Kier alpha value is -2.46. The molecule has 0 unspecified atom stereocenters. The highest BCUT2D eigenvalue weighted by Gasteiger charge is 2.39. The molecule has 1 aliphatic rings. The zero-order chi connectivity index (χ0) is 26.8. The van der Waals surface area contributed by atoms with Crippen LogP contribution in [0, 0.1) is 5.92 Å². The molecule has 10 nitrogen and oxygen atoms in total. The highest BCUT2D eigenvalue weighted by molar-refractivity contribution is 5.93. The van der Waals surface area contributed by atoms with Crippen molar-refractivity contribution in [3.63, 3.8) is 0 Å². The lowest BCUT2D eigenvalue weighted by Gasteiger charge is -2.36. The van der Waals surface area contributed by atoms with Crippen LogP contribution < -0.4 is 10.6 Å². The second kappa shape index (κ2) is 13.6. The summed E-state index contributed by atoms with van der Waals surface area (Å²) in [5, 5.41) is 6.52. The minimum Gasteiger partial charge on any atom is -0.445 e. The fraction of sp³-hybridized carbons (Fsp3) is 0.760. The summed E-state index contributed by atoms with van der Waals surface area (Å²) < 4.78 is 10.4. The second-order valence-corrected chi connectivity index (χ2v) is 10.2. The van der Waals surface area contributed by atoms with Crippen LogP contribution in [0.1, 0.15) is 54.4 Å². The minimum absolute atomic E-state index is 0.0243. The molecule has 0 saturated carbocycles. The van der Waals surface area contributed by atoms with Gasteiger partial charge in [0, 0.05) is 39.1 Å². The molecule has 200 valence electrons. The van der Waals surface area contributed by atoms with Crippen LogP contribution >= 0.6 is 0 Å².